The minimum absolute atomic E-state index is 0.0200. The fourth-order valence-corrected chi connectivity index (χ4v) is 5.29. The molecule has 1 aliphatic rings. The Morgan fingerprint density at radius 3 is 2.48 bits per heavy atom. The van der Waals surface area contributed by atoms with E-state index in [1.165, 1.54) is 6.07 Å². The summed E-state index contributed by atoms with van der Waals surface area (Å²) in [6, 6.07) is 13.7. The Kier molecular flexibility index (Phi) is 8.26. The number of fused-ring (bicyclic) bond motifs is 1. The molecule has 8 heteroatoms. The van der Waals surface area contributed by atoms with E-state index in [1.807, 2.05) is 51.1 Å². The maximum Gasteiger partial charge on any atom is 0.241 e. The Hall–Kier alpha value is -2.71. The number of nitrogens with zero attached hydrogens (tertiary/aromatic N) is 1. The van der Waals surface area contributed by atoms with Crippen molar-refractivity contribution in [1.29, 1.82) is 0 Å². The first-order valence-electron chi connectivity index (χ1n) is 11.5. The van der Waals surface area contributed by atoms with Crippen LogP contribution in [0.1, 0.15) is 44.7 Å². The minimum Gasteiger partial charge on any atom is -0.354 e. The lowest BCUT2D eigenvalue weighted by atomic mass is 10.0. The van der Waals surface area contributed by atoms with E-state index >= 15 is 0 Å². The van der Waals surface area contributed by atoms with Gasteiger partial charge in [-0.3, -0.25) is 9.59 Å². The van der Waals surface area contributed by atoms with Gasteiger partial charge in [-0.1, -0.05) is 51.1 Å². The van der Waals surface area contributed by atoms with Crippen LogP contribution in [-0.2, 0) is 32.5 Å². The molecule has 2 aromatic carbocycles. The van der Waals surface area contributed by atoms with E-state index in [4.69, 9.17) is 0 Å². The largest absolute Gasteiger partial charge is 0.354 e. The van der Waals surface area contributed by atoms with E-state index in [-0.39, 0.29) is 22.6 Å². The molecule has 3 rings (SSSR count). The van der Waals surface area contributed by atoms with Gasteiger partial charge in [0, 0.05) is 25.2 Å². The second kappa shape index (κ2) is 10.9. The normalized spacial score (nSPS) is 14.2. The van der Waals surface area contributed by atoms with Gasteiger partial charge >= 0.3 is 0 Å². The number of hydrogen-bond donors (Lipinski definition) is 2. The van der Waals surface area contributed by atoms with Crippen LogP contribution in [0.5, 0.6) is 0 Å². The lowest BCUT2D eigenvalue weighted by Gasteiger charge is -2.21. The highest BCUT2D eigenvalue weighted by atomic mass is 32.2. The van der Waals surface area contributed by atoms with Crippen molar-refractivity contribution in [3.05, 3.63) is 59.7 Å². The van der Waals surface area contributed by atoms with E-state index in [2.05, 4.69) is 10.0 Å². The number of amides is 2. The van der Waals surface area contributed by atoms with Gasteiger partial charge in [0.1, 0.15) is 6.04 Å². The summed E-state index contributed by atoms with van der Waals surface area (Å²) in [6.07, 6.45) is 2.07. The summed E-state index contributed by atoms with van der Waals surface area (Å²) in [6.45, 7) is 6.70. The molecule has 178 valence electrons. The standard InChI is InChI=1S/C25H33N3O4S/c1-4-24(29)28-15-13-20-17-21(10-11-23(20)28)33(31,32)27-22(16-18(2)3)25(30)26-14-12-19-8-6-5-7-9-19/h5-11,17-18,22,27H,4,12-16H2,1-3H3,(H,26,30)/t22-/m1/s1. The van der Waals surface area contributed by atoms with Crippen LogP contribution < -0.4 is 14.9 Å². The second-order valence-corrected chi connectivity index (χ2v) is 10.5. The smallest absolute Gasteiger partial charge is 0.241 e. The highest BCUT2D eigenvalue weighted by molar-refractivity contribution is 7.89. The first-order valence-corrected chi connectivity index (χ1v) is 13.0. The van der Waals surface area contributed by atoms with Crippen molar-refractivity contribution in [2.24, 2.45) is 5.92 Å². The number of rotatable bonds is 10. The van der Waals surface area contributed by atoms with Crippen molar-refractivity contribution in [2.45, 2.75) is 57.4 Å². The molecule has 1 heterocycles. The molecule has 0 fully saturated rings. The van der Waals surface area contributed by atoms with E-state index < -0.39 is 16.1 Å². The van der Waals surface area contributed by atoms with Gasteiger partial charge < -0.3 is 10.2 Å². The van der Waals surface area contributed by atoms with Crippen molar-refractivity contribution in [1.82, 2.24) is 10.0 Å². The summed E-state index contributed by atoms with van der Waals surface area (Å²) in [4.78, 5) is 26.7. The number of nitrogens with one attached hydrogen (secondary N) is 2. The van der Waals surface area contributed by atoms with Gasteiger partial charge in [-0.05, 0) is 54.5 Å². The summed E-state index contributed by atoms with van der Waals surface area (Å²) in [5, 5.41) is 2.87. The van der Waals surface area contributed by atoms with Crippen molar-refractivity contribution >= 4 is 27.5 Å². The number of anilines is 1. The number of benzene rings is 2. The van der Waals surface area contributed by atoms with E-state index in [9.17, 15) is 18.0 Å². The highest BCUT2D eigenvalue weighted by Gasteiger charge is 2.29. The number of carbonyl (C=O) groups is 2. The van der Waals surface area contributed by atoms with Gasteiger partial charge in [-0.15, -0.1) is 0 Å². The first-order chi connectivity index (χ1) is 15.7. The molecule has 2 N–H and O–H groups in total. The summed E-state index contributed by atoms with van der Waals surface area (Å²) in [7, 11) is -3.91. The van der Waals surface area contributed by atoms with Crippen molar-refractivity contribution < 1.29 is 18.0 Å². The van der Waals surface area contributed by atoms with Crippen LogP contribution in [0.15, 0.2) is 53.4 Å². The summed E-state index contributed by atoms with van der Waals surface area (Å²) in [5.74, 6) is -0.179. The van der Waals surface area contributed by atoms with Crippen molar-refractivity contribution in [3.8, 4) is 0 Å². The predicted molar refractivity (Wildman–Crippen MR) is 130 cm³/mol. The molecule has 7 nitrogen and oxygen atoms in total. The Labute approximate surface area is 196 Å². The minimum atomic E-state index is -3.91. The summed E-state index contributed by atoms with van der Waals surface area (Å²) in [5.41, 5.74) is 2.69. The third kappa shape index (κ3) is 6.42. The maximum absolute atomic E-state index is 13.1. The lowest BCUT2D eigenvalue weighted by Crippen LogP contribution is -2.47. The Balaban J connectivity index is 1.70. The molecule has 0 aromatic heterocycles. The van der Waals surface area contributed by atoms with Gasteiger partial charge in [-0.25, -0.2) is 8.42 Å². The molecule has 2 amide bonds. The third-order valence-corrected chi connectivity index (χ3v) is 7.21. The molecule has 0 aliphatic carbocycles. The van der Waals surface area contributed by atoms with Crippen LogP contribution in [0.3, 0.4) is 0 Å². The SMILES string of the molecule is CCC(=O)N1CCc2cc(S(=O)(=O)N[C@H](CC(C)C)C(=O)NCCc3ccccc3)ccc21. The Bertz CT molecular complexity index is 1080. The van der Waals surface area contributed by atoms with Crippen LogP contribution >= 0.6 is 0 Å². The zero-order valence-corrected chi connectivity index (χ0v) is 20.3. The zero-order chi connectivity index (χ0) is 24.0. The first kappa shape index (κ1) is 24.9. The molecular weight excluding hydrogens is 438 g/mol. The van der Waals surface area contributed by atoms with Crippen LogP contribution in [0, 0.1) is 5.92 Å². The summed E-state index contributed by atoms with van der Waals surface area (Å²) >= 11 is 0. The van der Waals surface area contributed by atoms with Gasteiger partial charge in [-0.2, -0.15) is 4.72 Å². The number of hydrogen-bond acceptors (Lipinski definition) is 4. The van der Waals surface area contributed by atoms with Gasteiger partial charge in [0.2, 0.25) is 21.8 Å². The molecule has 0 spiro atoms. The molecule has 0 unspecified atom stereocenters. The second-order valence-electron chi connectivity index (χ2n) is 8.77. The van der Waals surface area contributed by atoms with Crippen molar-refractivity contribution in [2.75, 3.05) is 18.0 Å². The molecular formula is C25H33N3O4S. The van der Waals surface area contributed by atoms with Crippen LogP contribution in [0.2, 0.25) is 0 Å². The molecule has 0 radical (unpaired) electrons. The van der Waals surface area contributed by atoms with Crippen LogP contribution in [0.4, 0.5) is 5.69 Å². The fraction of sp³-hybridized carbons (Fsp3) is 0.440. The van der Waals surface area contributed by atoms with Gasteiger partial charge in [0.05, 0.1) is 4.90 Å². The molecule has 0 saturated heterocycles. The zero-order valence-electron chi connectivity index (χ0n) is 19.5. The molecule has 2 aromatic rings. The van der Waals surface area contributed by atoms with E-state index in [0.717, 1.165) is 16.8 Å². The quantitative estimate of drug-likeness (QED) is 0.557. The van der Waals surface area contributed by atoms with E-state index in [1.54, 1.807) is 17.0 Å². The topological polar surface area (TPSA) is 95.6 Å². The Morgan fingerprint density at radius 1 is 1.09 bits per heavy atom. The van der Waals surface area contributed by atoms with Crippen LogP contribution in [-0.4, -0.2) is 39.4 Å². The van der Waals surface area contributed by atoms with Crippen LogP contribution in [0.25, 0.3) is 0 Å². The monoisotopic (exact) mass is 471 g/mol. The number of carbonyl (C=O) groups excluding carboxylic acids is 2. The molecule has 0 saturated carbocycles. The fourth-order valence-electron chi connectivity index (χ4n) is 4.03. The lowest BCUT2D eigenvalue weighted by molar-refractivity contribution is -0.123. The molecule has 0 bridgehead atoms. The predicted octanol–water partition coefficient (Wildman–Crippen LogP) is 3.04. The average Bonchev–Trinajstić information content (AvgIpc) is 3.21. The van der Waals surface area contributed by atoms with Gasteiger partial charge in [0.25, 0.3) is 0 Å². The molecule has 1 atom stereocenters. The van der Waals surface area contributed by atoms with Gasteiger partial charge in [0.15, 0.2) is 0 Å². The number of sulfonamides is 1. The summed E-state index contributed by atoms with van der Waals surface area (Å²) < 4.78 is 28.9. The third-order valence-electron chi connectivity index (χ3n) is 5.74. The van der Waals surface area contributed by atoms with Crippen molar-refractivity contribution in [3.63, 3.8) is 0 Å². The Morgan fingerprint density at radius 2 is 1.82 bits per heavy atom. The highest BCUT2D eigenvalue weighted by Crippen LogP contribution is 2.30. The molecule has 1 aliphatic heterocycles. The maximum atomic E-state index is 13.1. The molecule has 33 heavy (non-hydrogen) atoms. The average molecular weight is 472 g/mol. The van der Waals surface area contributed by atoms with E-state index in [0.29, 0.717) is 38.8 Å².